The van der Waals surface area contributed by atoms with Crippen LogP contribution in [0.4, 0.5) is 5.69 Å². The summed E-state index contributed by atoms with van der Waals surface area (Å²) >= 11 is 0. The quantitative estimate of drug-likeness (QED) is 0.570. The van der Waals surface area contributed by atoms with Gasteiger partial charge >= 0.3 is 0 Å². The van der Waals surface area contributed by atoms with Crippen LogP contribution in [0.5, 0.6) is 5.75 Å². The maximum absolute atomic E-state index is 13.5. The van der Waals surface area contributed by atoms with E-state index in [0.717, 1.165) is 21.7 Å². The van der Waals surface area contributed by atoms with Gasteiger partial charge in [-0.2, -0.15) is 0 Å². The zero-order valence-electron chi connectivity index (χ0n) is 20.0. The van der Waals surface area contributed by atoms with Gasteiger partial charge in [-0.15, -0.1) is 0 Å². The lowest BCUT2D eigenvalue weighted by Gasteiger charge is -2.32. The van der Waals surface area contributed by atoms with Crippen molar-refractivity contribution in [1.82, 2.24) is 10.2 Å². The number of nitrogens with one attached hydrogen (secondary N) is 1. The highest BCUT2D eigenvalue weighted by Crippen LogP contribution is 2.21. The average molecular weight is 476 g/mol. The van der Waals surface area contributed by atoms with Crippen LogP contribution in [-0.2, 0) is 26.2 Å². The van der Waals surface area contributed by atoms with Crippen LogP contribution < -0.4 is 14.4 Å². The number of carbonyl (C=O) groups is 2. The Bertz CT molecular complexity index is 1090. The number of aryl methyl sites for hydroxylation is 1. The predicted molar refractivity (Wildman–Crippen MR) is 130 cm³/mol. The summed E-state index contributed by atoms with van der Waals surface area (Å²) in [5, 5.41) is 2.82. The molecule has 0 aliphatic heterocycles. The maximum atomic E-state index is 13.5. The van der Waals surface area contributed by atoms with Crippen LogP contribution in [0.15, 0.2) is 48.5 Å². The van der Waals surface area contributed by atoms with Crippen molar-refractivity contribution in [2.24, 2.45) is 0 Å². The van der Waals surface area contributed by atoms with Gasteiger partial charge in [-0.1, -0.05) is 24.3 Å². The van der Waals surface area contributed by atoms with Gasteiger partial charge in [-0.25, -0.2) is 8.42 Å². The fraction of sp³-hybridized carbons (Fsp3) is 0.417. The van der Waals surface area contributed by atoms with Gasteiger partial charge < -0.3 is 15.0 Å². The molecule has 0 fully saturated rings. The van der Waals surface area contributed by atoms with E-state index in [4.69, 9.17) is 4.74 Å². The Labute approximate surface area is 196 Å². The van der Waals surface area contributed by atoms with E-state index >= 15 is 0 Å². The zero-order valence-corrected chi connectivity index (χ0v) is 20.8. The number of nitrogens with zero attached hydrogens (tertiary/aromatic N) is 2. The van der Waals surface area contributed by atoms with E-state index in [0.29, 0.717) is 11.4 Å². The lowest BCUT2D eigenvalue weighted by atomic mass is 10.1. The van der Waals surface area contributed by atoms with Crippen LogP contribution in [0, 0.1) is 6.92 Å². The van der Waals surface area contributed by atoms with E-state index in [2.05, 4.69) is 5.32 Å². The summed E-state index contributed by atoms with van der Waals surface area (Å²) in [5.41, 5.74) is 2.02. The summed E-state index contributed by atoms with van der Waals surface area (Å²) < 4.78 is 31.4. The molecule has 9 heteroatoms. The van der Waals surface area contributed by atoms with Crippen molar-refractivity contribution >= 4 is 27.5 Å². The second-order valence-corrected chi connectivity index (χ2v) is 10.2. The van der Waals surface area contributed by atoms with E-state index < -0.39 is 28.5 Å². The summed E-state index contributed by atoms with van der Waals surface area (Å²) in [4.78, 5) is 27.6. The molecule has 180 valence electrons. The molecule has 0 aliphatic rings. The second-order valence-electron chi connectivity index (χ2n) is 8.32. The van der Waals surface area contributed by atoms with Crippen molar-refractivity contribution in [1.29, 1.82) is 0 Å². The third-order valence-electron chi connectivity index (χ3n) is 5.05. The summed E-state index contributed by atoms with van der Waals surface area (Å²) in [6.45, 7) is 6.84. The topological polar surface area (TPSA) is 96.0 Å². The molecule has 0 radical (unpaired) electrons. The molecule has 0 heterocycles. The third kappa shape index (κ3) is 7.49. The molecule has 0 aliphatic carbocycles. The number of methoxy groups -OCH3 is 1. The largest absolute Gasteiger partial charge is 0.497 e. The monoisotopic (exact) mass is 475 g/mol. The smallest absolute Gasteiger partial charge is 0.244 e. The number of anilines is 1. The minimum Gasteiger partial charge on any atom is -0.497 e. The van der Waals surface area contributed by atoms with E-state index in [1.807, 2.05) is 32.9 Å². The molecule has 1 unspecified atom stereocenters. The van der Waals surface area contributed by atoms with E-state index in [9.17, 15) is 18.0 Å². The van der Waals surface area contributed by atoms with Gasteiger partial charge in [0.05, 0.1) is 19.1 Å². The molecule has 1 N–H and O–H groups in total. The maximum Gasteiger partial charge on any atom is 0.244 e. The Hall–Kier alpha value is -3.07. The first kappa shape index (κ1) is 26.2. The minimum absolute atomic E-state index is 0.103. The third-order valence-corrected chi connectivity index (χ3v) is 6.19. The molecule has 8 nitrogen and oxygen atoms in total. The number of hydrogen-bond donors (Lipinski definition) is 1. The van der Waals surface area contributed by atoms with Crippen molar-refractivity contribution in [2.75, 3.05) is 24.2 Å². The minimum atomic E-state index is -3.75. The number of benzene rings is 2. The molecule has 2 aromatic rings. The highest BCUT2D eigenvalue weighted by atomic mass is 32.2. The molecule has 2 rings (SSSR count). The number of ether oxygens (including phenoxy) is 1. The van der Waals surface area contributed by atoms with Crippen LogP contribution in [0.25, 0.3) is 0 Å². The lowest BCUT2D eigenvalue weighted by molar-refractivity contribution is -0.139. The lowest BCUT2D eigenvalue weighted by Crippen LogP contribution is -2.52. The highest BCUT2D eigenvalue weighted by molar-refractivity contribution is 7.92. The van der Waals surface area contributed by atoms with Crippen LogP contribution in [0.1, 0.15) is 31.9 Å². The predicted octanol–water partition coefficient (Wildman–Crippen LogP) is 2.71. The first-order chi connectivity index (χ1) is 15.4. The van der Waals surface area contributed by atoms with Gasteiger partial charge in [0.25, 0.3) is 0 Å². The van der Waals surface area contributed by atoms with Gasteiger partial charge in [0.15, 0.2) is 0 Å². The molecule has 0 bridgehead atoms. The molecule has 2 aromatic carbocycles. The van der Waals surface area contributed by atoms with E-state index in [1.165, 1.54) is 4.90 Å². The summed E-state index contributed by atoms with van der Waals surface area (Å²) in [5.74, 6) is -0.185. The molecule has 2 amide bonds. The van der Waals surface area contributed by atoms with Gasteiger partial charge in [0, 0.05) is 12.6 Å². The summed E-state index contributed by atoms with van der Waals surface area (Å²) in [7, 11) is -2.20. The van der Waals surface area contributed by atoms with Gasteiger partial charge in [-0.3, -0.25) is 13.9 Å². The first-order valence-corrected chi connectivity index (χ1v) is 12.5. The van der Waals surface area contributed by atoms with Crippen LogP contribution >= 0.6 is 0 Å². The molecule has 1 atom stereocenters. The fourth-order valence-electron chi connectivity index (χ4n) is 3.35. The van der Waals surface area contributed by atoms with Crippen molar-refractivity contribution in [3.63, 3.8) is 0 Å². The van der Waals surface area contributed by atoms with Crippen LogP contribution in [-0.4, -0.2) is 57.1 Å². The molecule has 33 heavy (non-hydrogen) atoms. The van der Waals surface area contributed by atoms with Crippen molar-refractivity contribution in [3.05, 3.63) is 59.7 Å². The first-order valence-electron chi connectivity index (χ1n) is 10.7. The zero-order chi connectivity index (χ0) is 24.8. The van der Waals surface area contributed by atoms with Crippen LogP contribution in [0.3, 0.4) is 0 Å². The van der Waals surface area contributed by atoms with E-state index in [1.54, 1.807) is 50.4 Å². The molecular weight excluding hydrogens is 442 g/mol. The van der Waals surface area contributed by atoms with Crippen molar-refractivity contribution in [3.8, 4) is 5.75 Å². The number of rotatable bonds is 10. The molecular formula is C24H33N3O5S. The fourth-order valence-corrected chi connectivity index (χ4v) is 4.19. The summed E-state index contributed by atoms with van der Waals surface area (Å²) in [6, 6.07) is 13.2. The standard InChI is InChI=1S/C24H33N3O5S/c1-17(2)25-24(29)19(4)26(15-20-10-8-12-22(14-20)32-5)23(28)16-27(33(6,30)31)21-11-7-9-18(3)13-21/h7-14,17,19H,15-16H2,1-6H3,(H,25,29). The molecule has 0 saturated heterocycles. The number of carbonyl (C=O) groups excluding carboxylic acids is 2. The Kier molecular flexibility index (Phi) is 8.87. The normalized spacial score (nSPS) is 12.2. The molecule has 0 aromatic heterocycles. The van der Waals surface area contributed by atoms with Crippen molar-refractivity contribution < 1.29 is 22.7 Å². The van der Waals surface area contributed by atoms with Crippen LogP contribution in [0.2, 0.25) is 0 Å². The SMILES string of the molecule is COc1cccc(CN(C(=O)CN(c2cccc(C)c2)S(C)(=O)=O)C(C)C(=O)NC(C)C)c1. The number of sulfonamides is 1. The molecule has 0 spiro atoms. The number of amides is 2. The van der Waals surface area contributed by atoms with Gasteiger partial charge in [0.1, 0.15) is 18.3 Å². The van der Waals surface area contributed by atoms with Gasteiger partial charge in [0.2, 0.25) is 21.8 Å². The van der Waals surface area contributed by atoms with Crippen molar-refractivity contribution in [2.45, 2.75) is 46.3 Å². The summed E-state index contributed by atoms with van der Waals surface area (Å²) in [6.07, 6.45) is 1.06. The number of hydrogen-bond acceptors (Lipinski definition) is 5. The Balaban J connectivity index is 2.40. The Morgan fingerprint density at radius 3 is 2.30 bits per heavy atom. The molecule has 0 saturated carbocycles. The highest BCUT2D eigenvalue weighted by Gasteiger charge is 2.30. The van der Waals surface area contributed by atoms with E-state index in [-0.39, 0.29) is 18.5 Å². The Morgan fingerprint density at radius 2 is 1.73 bits per heavy atom. The Morgan fingerprint density at radius 1 is 1.06 bits per heavy atom. The second kappa shape index (κ2) is 11.2. The van der Waals surface area contributed by atoms with Gasteiger partial charge in [-0.05, 0) is 63.1 Å². The average Bonchev–Trinajstić information content (AvgIpc) is 2.74.